The average molecular weight is 294 g/mol. The summed E-state index contributed by atoms with van der Waals surface area (Å²) in [5.74, 6) is -0.182. The fraction of sp³-hybridized carbons (Fsp3) is 0.647. The number of ether oxygens (including phenoxy) is 1. The average Bonchev–Trinajstić information content (AvgIpc) is 2.49. The van der Waals surface area contributed by atoms with Gasteiger partial charge in [0.25, 0.3) is 0 Å². The van der Waals surface area contributed by atoms with Gasteiger partial charge < -0.3 is 10.1 Å². The van der Waals surface area contributed by atoms with E-state index in [-0.39, 0.29) is 18.0 Å². The first-order chi connectivity index (χ1) is 10.1. The molecule has 1 aliphatic rings. The van der Waals surface area contributed by atoms with Crippen LogP contribution in [0.4, 0.5) is 4.39 Å². The van der Waals surface area contributed by atoms with Crippen molar-refractivity contribution < 1.29 is 9.13 Å². The molecule has 1 aromatic rings. The van der Waals surface area contributed by atoms with Gasteiger partial charge in [0.15, 0.2) is 0 Å². The van der Waals surface area contributed by atoms with Crippen LogP contribution in [0, 0.1) is 5.82 Å². The number of nitrogens with one attached hydrogen (secondary N) is 1. The molecule has 4 heteroatoms. The van der Waals surface area contributed by atoms with Gasteiger partial charge in [0.05, 0.1) is 12.7 Å². The Hall–Kier alpha value is -0.970. The van der Waals surface area contributed by atoms with Crippen molar-refractivity contribution >= 4 is 0 Å². The molecule has 2 rings (SSSR count). The van der Waals surface area contributed by atoms with Crippen molar-refractivity contribution in [1.29, 1.82) is 0 Å². The van der Waals surface area contributed by atoms with E-state index < -0.39 is 0 Å². The Kier molecular flexibility index (Phi) is 6.15. The SMILES string of the molecule is CCNC(Cc1ccc(F)cc1)C1CN(C(C)C)CCO1. The van der Waals surface area contributed by atoms with Crippen LogP contribution >= 0.6 is 0 Å². The molecule has 1 aromatic carbocycles. The fourth-order valence-electron chi connectivity index (χ4n) is 2.88. The maximum Gasteiger partial charge on any atom is 0.123 e. The molecular weight excluding hydrogens is 267 g/mol. The second-order valence-electron chi connectivity index (χ2n) is 5.99. The first kappa shape index (κ1) is 16.4. The van der Waals surface area contributed by atoms with E-state index in [2.05, 4.69) is 31.0 Å². The fourth-order valence-corrected chi connectivity index (χ4v) is 2.88. The number of rotatable bonds is 6. The van der Waals surface area contributed by atoms with Crippen LogP contribution < -0.4 is 5.32 Å². The van der Waals surface area contributed by atoms with Gasteiger partial charge in [-0.2, -0.15) is 0 Å². The zero-order valence-electron chi connectivity index (χ0n) is 13.3. The predicted octanol–water partition coefficient (Wildman–Crippen LogP) is 2.46. The van der Waals surface area contributed by atoms with E-state index in [1.165, 1.54) is 12.1 Å². The Balaban J connectivity index is 2.01. The highest BCUT2D eigenvalue weighted by Gasteiger charge is 2.28. The lowest BCUT2D eigenvalue weighted by atomic mass is 9.99. The van der Waals surface area contributed by atoms with Crippen LogP contribution in [0.2, 0.25) is 0 Å². The smallest absolute Gasteiger partial charge is 0.123 e. The number of benzene rings is 1. The Morgan fingerprint density at radius 2 is 2.05 bits per heavy atom. The van der Waals surface area contributed by atoms with Crippen molar-refractivity contribution in [3.8, 4) is 0 Å². The van der Waals surface area contributed by atoms with Crippen LogP contribution in [0.3, 0.4) is 0 Å². The molecule has 2 unspecified atom stereocenters. The van der Waals surface area contributed by atoms with Crippen LogP contribution in [-0.2, 0) is 11.2 Å². The van der Waals surface area contributed by atoms with Crippen LogP contribution in [0.1, 0.15) is 26.3 Å². The van der Waals surface area contributed by atoms with Crippen LogP contribution in [0.25, 0.3) is 0 Å². The molecule has 118 valence electrons. The minimum absolute atomic E-state index is 0.182. The third-order valence-corrected chi connectivity index (χ3v) is 4.14. The second kappa shape index (κ2) is 7.87. The zero-order valence-corrected chi connectivity index (χ0v) is 13.3. The highest BCUT2D eigenvalue weighted by atomic mass is 19.1. The molecule has 3 nitrogen and oxygen atoms in total. The van der Waals surface area contributed by atoms with E-state index in [0.717, 1.165) is 38.2 Å². The van der Waals surface area contributed by atoms with E-state index in [4.69, 9.17) is 4.74 Å². The largest absolute Gasteiger partial charge is 0.374 e. The summed E-state index contributed by atoms with van der Waals surface area (Å²) >= 11 is 0. The third-order valence-electron chi connectivity index (χ3n) is 4.14. The van der Waals surface area contributed by atoms with Gasteiger partial charge in [0, 0.05) is 25.2 Å². The standard InChI is InChI=1S/C17H27FN2O/c1-4-19-16(11-14-5-7-15(18)8-6-14)17-12-20(13(2)3)9-10-21-17/h5-8,13,16-17,19H,4,9-12H2,1-3H3. The van der Waals surface area contributed by atoms with Crippen molar-refractivity contribution in [3.05, 3.63) is 35.6 Å². The van der Waals surface area contributed by atoms with Gasteiger partial charge in [0.1, 0.15) is 5.82 Å². The molecule has 0 spiro atoms. The number of morpholine rings is 1. The predicted molar refractivity (Wildman–Crippen MR) is 84.0 cm³/mol. The molecule has 21 heavy (non-hydrogen) atoms. The molecule has 0 saturated carbocycles. The molecule has 2 atom stereocenters. The lowest BCUT2D eigenvalue weighted by molar-refractivity contribution is -0.0550. The van der Waals surface area contributed by atoms with Gasteiger partial charge in [-0.25, -0.2) is 4.39 Å². The maximum absolute atomic E-state index is 13.0. The number of hydrogen-bond donors (Lipinski definition) is 1. The summed E-state index contributed by atoms with van der Waals surface area (Å²) in [4.78, 5) is 2.46. The topological polar surface area (TPSA) is 24.5 Å². The van der Waals surface area contributed by atoms with Gasteiger partial charge in [-0.3, -0.25) is 4.90 Å². The number of nitrogens with zero attached hydrogens (tertiary/aromatic N) is 1. The van der Waals surface area contributed by atoms with Crippen molar-refractivity contribution in [2.24, 2.45) is 0 Å². The minimum Gasteiger partial charge on any atom is -0.374 e. The van der Waals surface area contributed by atoms with Crippen molar-refractivity contribution in [1.82, 2.24) is 10.2 Å². The normalized spacial score (nSPS) is 21.7. The molecule has 1 saturated heterocycles. The van der Waals surface area contributed by atoms with Gasteiger partial charge in [-0.05, 0) is 44.5 Å². The summed E-state index contributed by atoms with van der Waals surface area (Å²) in [5, 5.41) is 3.53. The first-order valence-corrected chi connectivity index (χ1v) is 7.93. The maximum atomic E-state index is 13.0. The molecule has 0 aliphatic carbocycles. The molecule has 0 aromatic heterocycles. The van der Waals surface area contributed by atoms with Gasteiger partial charge in [-0.15, -0.1) is 0 Å². The van der Waals surface area contributed by atoms with Crippen molar-refractivity contribution in [2.75, 3.05) is 26.2 Å². The number of hydrogen-bond acceptors (Lipinski definition) is 3. The van der Waals surface area contributed by atoms with Gasteiger partial charge in [0.2, 0.25) is 0 Å². The summed E-state index contributed by atoms with van der Waals surface area (Å²) in [5.41, 5.74) is 1.15. The molecule has 1 aliphatic heterocycles. The Morgan fingerprint density at radius 1 is 1.33 bits per heavy atom. The second-order valence-corrected chi connectivity index (χ2v) is 5.99. The Labute approximate surface area is 127 Å². The van der Waals surface area contributed by atoms with Crippen molar-refractivity contribution in [3.63, 3.8) is 0 Å². The zero-order chi connectivity index (χ0) is 15.2. The molecule has 0 amide bonds. The monoisotopic (exact) mass is 294 g/mol. The summed E-state index contributed by atoms with van der Waals surface area (Å²) in [6, 6.07) is 7.60. The lowest BCUT2D eigenvalue weighted by Crippen LogP contribution is -2.54. The highest BCUT2D eigenvalue weighted by Crippen LogP contribution is 2.15. The van der Waals surface area contributed by atoms with Crippen LogP contribution in [-0.4, -0.2) is 49.3 Å². The highest BCUT2D eigenvalue weighted by molar-refractivity contribution is 5.17. The minimum atomic E-state index is -0.182. The first-order valence-electron chi connectivity index (χ1n) is 7.93. The Morgan fingerprint density at radius 3 is 2.67 bits per heavy atom. The summed E-state index contributed by atoms with van der Waals surface area (Å²) in [6.07, 6.45) is 1.05. The molecule has 1 N–H and O–H groups in total. The van der Waals surface area contributed by atoms with E-state index in [1.54, 1.807) is 0 Å². The van der Waals surface area contributed by atoms with E-state index in [0.29, 0.717) is 6.04 Å². The summed E-state index contributed by atoms with van der Waals surface area (Å²) in [6.45, 7) is 10.2. The summed E-state index contributed by atoms with van der Waals surface area (Å²) < 4.78 is 19.0. The van der Waals surface area contributed by atoms with E-state index in [9.17, 15) is 4.39 Å². The molecule has 1 fully saturated rings. The molecular formula is C17H27FN2O. The van der Waals surface area contributed by atoms with Crippen LogP contribution in [0.15, 0.2) is 24.3 Å². The van der Waals surface area contributed by atoms with Crippen molar-refractivity contribution in [2.45, 2.75) is 45.4 Å². The molecule has 0 bridgehead atoms. The Bertz CT molecular complexity index is 421. The molecule has 0 radical (unpaired) electrons. The molecule has 1 heterocycles. The van der Waals surface area contributed by atoms with Crippen LogP contribution in [0.5, 0.6) is 0 Å². The summed E-state index contributed by atoms with van der Waals surface area (Å²) in [7, 11) is 0. The van der Waals surface area contributed by atoms with E-state index >= 15 is 0 Å². The lowest BCUT2D eigenvalue weighted by Gasteiger charge is -2.39. The van der Waals surface area contributed by atoms with Gasteiger partial charge in [-0.1, -0.05) is 19.1 Å². The quantitative estimate of drug-likeness (QED) is 0.872. The number of likely N-dealkylation sites (N-methyl/N-ethyl adjacent to an activating group) is 1. The van der Waals surface area contributed by atoms with E-state index in [1.807, 2.05) is 12.1 Å². The number of halogens is 1. The third kappa shape index (κ3) is 4.77. The van der Waals surface area contributed by atoms with Gasteiger partial charge >= 0.3 is 0 Å².